The van der Waals surface area contributed by atoms with Crippen LogP contribution in [-0.2, 0) is 4.79 Å². The van der Waals surface area contributed by atoms with E-state index in [1.54, 1.807) is 18.2 Å². The third-order valence-electron chi connectivity index (χ3n) is 4.20. The first kappa shape index (κ1) is 19.8. The number of halogens is 1. The topological polar surface area (TPSA) is 47.6 Å². The minimum atomic E-state index is -0.635. The van der Waals surface area contributed by atoms with Crippen molar-refractivity contribution in [2.24, 2.45) is 0 Å². The minimum Gasteiger partial charge on any atom is -0.480 e. The van der Waals surface area contributed by atoms with Crippen molar-refractivity contribution in [2.75, 3.05) is 5.32 Å². The van der Waals surface area contributed by atoms with Crippen LogP contribution in [-0.4, -0.2) is 12.0 Å². The fourth-order valence-electron chi connectivity index (χ4n) is 2.68. The number of carbonyl (C=O) groups is 1. The van der Waals surface area contributed by atoms with Crippen molar-refractivity contribution in [1.29, 1.82) is 0 Å². The Kier molecular flexibility index (Phi) is 6.56. The summed E-state index contributed by atoms with van der Waals surface area (Å²) < 4.78 is 11.8. The van der Waals surface area contributed by atoms with Gasteiger partial charge in [0.15, 0.2) is 11.9 Å². The molecule has 0 saturated heterocycles. The summed E-state index contributed by atoms with van der Waals surface area (Å²) in [7, 11) is 0. The highest BCUT2D eigenvalue weighted by Gasteiger charge is 2.21. The molecule has 5 heteroatoms. The molecule has 0 radical (unpaired) electrons. The summed E-state index contributed by atoms with van der Waals surface area (Å²) in [6.45, 7) is 3.85. The fraction of sp³-hybridized carbons (Fsp3) is 0.174. The third-order valence-corrected chi connectivity index (χ3v) is 4.43. The van der Waals surface area contributed by atoms with E-state index in [4.69, 9.17) is 21.1 Å². The lowest BCUT2D eigenvalue weighted by Gasteiger charge is -2.20. The van der Waals surface area contributed by atoms with E-state index < -0.39 is 6.10 Å². The predicted molar refractivity (Wildman–Crippen MR) is 112 cm³/mol. The predicted octanol–water partition coefficient (Wildman–Crippen LogP) is 6.24. The third kappa shape index (κ3) is 5.05. The first-order valence-corrected chi connectivity index (χ1v) is 9.50. The van der Waals surface area contributed by atoms with Crippen LogP contribution in [0.4, 0.5) is 5.69 Å². The van der Waals surface area contributed by atoms with E-state index in [2.05, 4.69) is 5.32 Å². The van der Waals surface area contributed by atoms with Crippen LogP contribution in [0.3, 0.4) is 0 Å². The molecule has 4 nitrogen and oxygen atoms in total. The molecule has 1 unspecified atom stereocenters. The van der Waals surface area contributed by atoms with Crippen molar-refractivity contribution in [3.63, 3.8) is 0 Å². The van der Waals surface area contributed by atoms with Gasteiger partial charge in [0.1, 0.15) is 11.5 Å². The van der Waals surface area contributed by atoms with E-state index in [0.717, 1.165) is 5.56 Å². The summed E-state index contributed by atoms with van der Waals surface area (Å²) >= 11 is 6.13. The summed E-state index contributed by atoms with van der Waals surface area (Å²) in [5.74, 6) is 1.61. The number of ether oxygens (including phenoxy) is 2. The Morgan fingerprint density at radius 3 is 2.43 bits per heavy atom. The Balaban J connectivity index is 1.78. The number of rotatable bonds is 7. The lowest BCUT2D eigenvalue weighted by molar-refractivity contribution is -0.122. The molecule has 0 aliphatic heterocycles. The first-order chi connectivity index (χ1) is 13.6. The lowest BCUT2D eigenvalue weighted by Crippen LogP contribution is -2.32. The van der Waals surface area contributed by atoms with Crippen LogP contribution in [0.15, 0.2) is 72.8 Å². The van der Waals surface area contributed by atoms with Crippen molar-refractivity contribution in [2.45, 2.75) is 26.4 Å². The molecule has 144 valence electrons. The average Bonchev–Trinajstić information content (AvgIpc) is 2.70. The molecule has 3 aromatic rings. The molecule has 1 atom stereocenters. The molecule has 0 fully saturated rings. The van der Waals surface area contributed by atoms with Crippen LogP contribution in [0.2, 0.25) is 5.02 Å². The summed E-state index contributed by atoms with van der Waals surface area (Å²) in [6.07, 6.45) is -0.111. The van der Waals surface area contributed by atoms with Gasteiger partial charge >= 0.3 is 0 Å². The van der Waals surface area contributed by atoms with Crippen LogP contribution in [0.25, 0.3) is 0 Å². The Labute approximate surface area is 170 Å². The number of hydrogen-bond donors (Lipinski definition) is 1. The molecule has 0 saturated carbocycles. The van der Waals surface area contributed by atoms with Crippen LogP contribution in [0, 0.1) is 6.92 Å². The zero-order chi connectivity index (χ0) is 19.9. The van der Waals surface area contributed by atoms with Crippen LogP contribution in [0.1, 0.15) is 18.9 Å². The Bertz CT molecular complexity index is 944. The average molecular weight is 396 g/mol. The first-order valence-electron chi connectivity index (χ1n) is 9.12. The molecular weight excluding hydrogens is 374 g/mol. The second-order valence-electron chi connectivity index (χ2n) is 6.33. The number of hydrogen-bond acceptors (Lipinski definition) is 3. The smallest absolute Gasteiger partial charge is 0.265 e. The highest BCUT2D eigenvalue weighted by atomic mass is 35.5. The minimum absolute atomic E-state index is 0.258. The second-order valence-corrected chi connectivity index (χ2v) is 6.76. The number of anilines is 1. The molecule has 0 aliphatic carbocycles. The van der Waals surface area contributed by atoms with E-state index in [1.807, 2.05) is 68.4 Å². The zero-order valence-electron chi connectivity index (χ0n) is 15.8. The van der Waals surface area contributed by atoms with Gasteiger partial charge in [0, 0.05) is 5.02 Å². The number of para-hydroxylation sites is 2. The van der Waals surface area contributed by atoms with Crippen molar-refractivity contribution >= 4 is 23.2 Å². The number of nitrogens with one attached hydrogen (secondary N) is 1. The summed E-state index contributed by atoms with van der Waals surface area (Å²) in [4.78, 5) is 12.8. The highest BCUT2D eigenvalue weighted by Crippen LogP contribution is 2.32. The number of aryl methyl sites for hydroxylation is 1. The van der Waals surface area contributed by atoms with Gasteiger partial charge in [0.2, 0.25) is 0 Å². The number of amides is 1. The maximum absolute atomic E-state index is 12.8. The molecular formula is C23H22ClNO3. The van der Waals surface area contributed by atoms with Crippen molar-refractivity contribution in [1.82, 2.24) is 0 Å². The Morgan fingerprint density at radius 1 is 1.00 bits per heavy atom. The van der Waals surface area contributed by atoms with Gasteiger partial charge in [-0.2, -0.15) is 0 Å². The van der Waals surface area contributed by atoms with E-state index in [9.17, 15) is 4.79 Å². The van der Waals surface area contributed by atoms with E-state index >= 15 is 0 Å². The molecule has 1 N–H and O–H groups in total. The number of carbonyl (C=O) groups excluding carboxylic acids is 1. The summed E-state index contributed by atoms with van der Waals surface area (Å²) in [6, 6.07) is 22.1. The van der Waals surface area contributed by atoms with Gasteiger partial charge in [-0.1, -0.05) is 54.9 Å². The monoisotopic (exact) mass is 395 g/mol. The number of benzene rings is 3. The van der Waals surface area contributed by atoms with Crippen molar-refractivity contribution < 1.29 is 14.3 Å². The maximum atomic E-state index is 12.8. The van der Waals surface area contributed by atoms with Gasteiger partial charge in [-0.05, 0) is 55.3 Å². The van der Waals surface area contributed by atoms with Crippen molar-refractivity contribution in [3.8, 4) is 17.2 Å². The quantitative estimate of drug-likeness (QED) is 0.515. The van der Waals surface area contributed by atoms with Gasteiger partial charge < -0.3 is 14.8 Å². The van der Waals surface area contributed by atoms with Gasteiger partial charge in [0.25, 0.3) is 5.91 Å². The van der Waals surface area contributed by atoms with E-state index in [0.29, 0.717) is 34.4 Å². The van der Waals surface area contributed by atoms with Crippen LogP contribution >= 0.6 is 11.6 Å². The summed E-state index contributed by atoms with van der Waals surface area (Å²) in [5, 5.41) is 3.39. The van der Waals surface area contributed by atoms with Gasteiger partial charge in [-0.3, -0.25) is 4.79 Å². The molecule has 0 spiro atoms. The molecule has 3 aromatic carbocycles. The largest absolute Gasteiger partial charge is 0.480 e. The Morgan fingerprint density at radius 2 is 1.71 bits per heavy atom. The molecule has 0 heterocycles. The molecule has 0 aromatic heterocycles. The standard InChI is InChI=1S/C23H22ClNO3/c1-3-20(28-21-12-8-7-9-16(21)2)23(26)25-19-15-17(24)13-14-22(19)27-18-10-5-4-6-11-18/h4-15,20H,3H2,1-2H3,(H,25,26). The molecule has 0 aliphatic rings. The zero-order valence-corrected chi connectivity index (χ0v) is 16.6. The van der Waals surface area contributed by atoms with Crippen molar-refractivity contribution in [3.05, 3.63) is 83.4 Å². The molecule has 28 heavy (non-hydrogen) atoms. The fourth-order valence-corrected chi connectivity index (χ4v) is 2.85. The molecule has 3 rings (SSSR count). The van der Waals surface area contributed by atoms with Crippen LogP contribution < -0.4 is 14.8 Å². The van der Waals surface area contributed by atoms with Gasteiger partial charge in [0.05, 0.1) is 5.69 Å². The van der Waals surface area contributed by atoms with Crippen LogP contribution in [0.5, 0.6) is 17.2 Å². The normalized spacial score (nSPS) is 11.5. The maximum Gasteiger partial charge on any atom is 0.265 e. The van der Waals surface area contributed by atoms with Gasteiger partial charge in [-0.15, -0.1) is 0 Å². The van der Waals surface area contributed by atoms with Gasteiger partial charge in [-0.25, -0.2) is 0 Å². The summed E-state index contributed by atoms with van der Waals surface area (Å²) in [5.41, 5.74) is 1.47. The van der Waals surface area contributed by atoms with E-state index in [-0.39, 0.29) is 5.91 Å². The second kappa shape index (κ2) is 9.29. The SMILES string of the molecule is CCC(Oc1ccccc1C)C(=O)Nc1cc(Cl)ccc1Oc1ccccc1. The molecule has 1 amide bonds. The highest BCUT2D eigenvalue weighted by molar-refractivity contribution is 6.31. The Hall–Kier alpha value is -2.98. The molecule has 0 bridgehead atoms. The lowest BCUT2D eigenvalue weighted by atomic mass is 10.2. The van der Waals surface area contributed by atoms with E-state index in [1.165, 1.54) is 0 Å².